The third-order valence-corrected chi connectivity index (χ3v) is 6.80. The average Bonchev–Trinajstić information content (AvgIpc) is 2.80. The monoisotopic (exact) mass is 489 g/mol. The Bertz CT molecular complexity index is 1090. The van der Waals surface area contributed by atoms with Crippen molar-refractivity contribution in [2.24, 2.45) is 0 Å². The number of aryl methyl sites for hydroxylation is 1. The second-order valence-corrected chi connectivity index (χ2v) is 10.3. The lowest BCUT2D eigenvalue weighted by Crippen LogP contribution is -2.52. The molecule has 0 aromatic heterocycles. The van der Waals surface area contributed by atoms with Crippen molar-refractivity contribution in [2.75, 3.05) is 24.2 Å². The van der Waals surface area contributed by atoms with E-state index >= 15 is 0 Å². The van der Waals surface area contributed by atoms with Crippen molar-refractivity contribution in [3.05, 3.63) is 59.7 Å². The summed E-state index contributed by atoms with van der Waals surface area (Å²) in [6, 6.07) is 13.4. The SMILES string of the molecule is CC[C@H](C)NC(=O)[C@@H](C)N(Cc1ccc(C)cc1)C(=O)CN(c1ccccc1OC)S(C)(=O)=O. The average molecular weight is 490 g/mol. The molecule has 0 aliphatic rings. The standard InChI is InChI=1S/C25H35N3O5S/c1-7-19(3)26-25(30)20(4)27(16-21-14-12-18(2)13-15-21)24(29)17-28(34(6,31)32)22-10-8-9-11-23(22)33-5/h8-15,19-20H,7,16-17H2,1-6H3,(H,26,30)/t19-,20+/m0/s1. The van der Waals surface area contributed by atoms with Gasteiger partial charge in [-0.25, -0.2) is 8.42 Å². The van der Waals surface area contributed by atoms with E-state index in [1.807, 2.05) is 45.0 Å². The topological polar surface area (TPSA) is 96.0 Å². The molecule has 0 aliphatic heterocycles. The Balaban J connectivity index is 2.41. The fraction of sp³-hybridized carbons (Fsp3) is 0.440. The number of hydrogen-bond donors (Lipinski definition) is 1. The van der Waals surface area contributed by atoms with Gasteiger partial charge in [-0.2, -0.15) is 0 Å². The molecular formula is C25H35N3O5S. The summed E-state index contributed by atoms with van der Waals surface area (Å²) in [5.74, 6) is -0.463. The van der Waals surface area contributed by atoms with Crippen LogP contribution in [0.5, 0.6) is 5.75 Å². The molecule has 0 saturated heterocycles. The van der Waals surface area contributed by atoms with Gasteiger partial charge in [0.25, 0.3) is 0 Å². The van der Waals surface area contributed by atoms with Crippen LogP contribution in [-0.2, 0) is 26.2 Å². The van der Waals surface area contributed by atoms with E-state index in [1.165, 1.54) is 12.0 Å². The van der Waals surface area contributed by atoms with Gasteiger partial charge in [0, 0.05) is 12.6 Å². The number of carbonyl (C=O) groups excluding carboxylic acids is 2. The molecule has 0 fully saturated rings. The number of para-hydroxylation sites is 2. The maximum absolute atomic E-state index is 13.5. The number of anilines is 1. The molecule has 0 spiro atoms. The number of methoxy groups -OCH3 is 1. The van der Waals surface area contributed by atoms with E-state index in [1.54, 1.807) is 31.2 Å². The molecule has 0 bridgehead atoms. The normalized spacial score (nSPS) is 13.0. The molecular weight excluding hydrogens is 454 g/mol. The summed E-state index contributed by atoms with van der Waals surface area (Å²) in [5.41, 5.74) is 2.17. The van der Waals surface area contributed by atoms with Crippen LogP contribution in [0.3, 0.4) is 0 Å². The predicted octanol–water partition coefficient (Wildman–Crippen LogP) is 3.10. The van der Waals surface area contributed by atoms with Gasteiger partial charge in [0.15, 0.2) is 0 Å². The van der Waals surface area contributed by atoms with Crippen LogP contribution in [0.1, 0.15) is 38.3 Å². The minimum absolute atomic E-state index is 0.0487. The molecule has 34 heavy (non-hydrogen) atoms. The van der Waals surface area contributed by atoms with Crippen molar-refractivity contribution >= 4 is 27.5 Å². The number of nitrogens with one attached hydrogen (secondary N) is 1. The number of ether oxygens (including phenoxy) is 1. The number of nitrogens with zero attached hydrogens (tertiary/aromatic N) is 2. The van der Waals surface area contributed by atoms with Crippen LogP contribution >= 0.6 is 0 Å². The molecule has 9 heteroatoms. The Morgan fingerprint density at radius 2 is 1.68 bits per heavy atom. The summed E-state index contributed by atoms with van der Waals surface area (Å²) in [6.07, 6.45) is 1.79. The van der Waals surface area contributed by atoms with E-state index in [0.717, 1.165) is 28.1 Å². The second-order valence-electron chi connectivity index (χ2n) is 8.44. The van der Waals surface area contributed by atoms with E-state index in [-0.39, 0.29) is 24.2 Å². The molecule has 2 amide bonds. The van der Waals surface area contributed by atoms with Gasteiger partial charge in [-0.1, -0.05) is 48.9 Å². The molecule has 1 N–H and O–H groups in total. The summed E-state index contributed by atoms with van der Waals surface area (Å²) in [7, 11) is -2.38. The minimum Gasteiger partial charge on any atom is -0.495 e. The first-order chi connectivity index (χ1) is 16.0. The third kappa shape index (κ3) is 7.21. The van der Waals surface area contributed by atoms with Gasteiger partial charge < -0.3 is 15.0 Å². The summed E-state index contributed by atoms with van der Waals surface area (Å²) >= 11 is 0. The van der Waals surface area contributed by atoms with Gasteiger partial charge in [-0.15, -0.1) is 0 Å². The van der Waals surface area contributed by atoms with Gasteiger partial charge >= 0.3 is 0 Å². The third-order valence-electron chi connectivity index (χ3n) is 5.67. The smallest absolute Gasteiger partial charge is 0.244 e. The number of hydrogen-bond acceptors (Lipinski definition) is 5. The predicted molar refractivity (Wildman–Crippen MR) is 134 cm³/mol. The number of sulfonamides is 1. The van der Waals surface area contributed by atoms with E-state index < -0.39 is 28.5 Å². The second kappa shape index (κ2) is 11.9. The first kappa shape index (κ1) is 27.2. The van der Waals surface area contributed by atoms with Gasteiger partial charge in [0.2, 0.25) is 21.8 Å². The Kier molecular flexibility index (Phi) is 9.49. The van der Waals surface area contributed by atoms with E-state index in [4.69, 9.17) is 4.74 Å². The van der Waals surface area contributed by atoms with Crippen molar-refractivity contribution in [3.63, 3.8) is 0 Å². The van der Waals surface area contributed by atoms with Crippen LogP contribution in [0.15, 0.2) is 48.5 Å². The largest absolute Gasteiger partial charge is 0.495 e. The van der Waals surface area contributed by atoms with Crippen molar-refractivity contribution in [1.82, 2.24) is 10.2 Å². The zero-order chi connectivity index (χ0) is 25.5. The first-order valence-electron chi connectivity index (χ1n) is 11.2. The highest BCUT2D eigenvalue weighted by Gasteiger charge is 2.31. The van der Waals surface area contributed by atoms with Crippen LogP contribution in [0.4, 0.5) is 5.69 Å². The summed E-state index contributed by atoms with van der Waals surface area (Å²) in [5, 5.41) is 2.91. The quantitative estimate of drug-likeness (QED) is 0.523. The fourth-order valence-electron chi connectivity index (χ4n) is 3.37. The summed E-state index contributed by atoms with van der Waals surface area (Å²) in [6.45, 7) is 7.17. The molecule has 2 aromatic rings. The highest BCUT2D eigenvalue weighted by molar-refractivity contribution is 7.92. The lowest BCUT2D eigenvalue weighted by molar-refractivity contribution is -0.139. The number of benzene rings is 2. The molecule has 0 saturated carbocycles. The molecule has 0 heterocycles. The minimum atomic E-state index is -3.82. The van der Waals surface area contributed by atoms with E-state index in [0.29, 0.717) is 5.75 Å². The van der Waals surface area contributed by atoms with Crippen LogP contribution in [0, 0.1) is 6.92 Å². The zero-order valence-electron chi connectivity index (χ0n) is 20.7. The Morgan fingerprint density at radius 3 is 2.24 bits per heavy atom. The summed E-state index contributed by atoms with van der Waals surface area (Å²) < 4.78 is 31.7. The van der Waals surface area contributed by atoms with Crippen molar-refractivity contribution < 1.29 is 22.7 Å². The molecule has 0 unspecified atom stereocenters. The number of amides is 2. The van der Waals surface area contributed by atoms with E-state index in [9.17, 15) is 18.0 Å². The summed E-state index contributed by atoms with van der Waals surface area (Å²) in [4.78, 5) is 27.9. The molecule has 0 radical (unpaired) electrons. The molecule has 186 valence electrons. The number of rotatable bonds is 11. The van der Waals surface area contributed by atoms with Crippen LogP contribution in [0.25, 0.3) is 0 Å². The molecule has 2 atom stereocenters. The van der Waals surface area contributed by atoms with Gasteiger partial charge in [-0.3, -0.25) is 13.9 Å². The van der Waals surface area contributed by atoms with Crippen LogP contribution in [0.2, 0.25) is 0 Å². The zero-order valence-corrected chi connectivity index (χ0v) is 21.6. The van der Waals surface area contributed by atoms with Crippen molar-refractivity contribution in [1.29, 1.82) is 0 Å². The molecule has 0 aliphatic carbocycles. The van der Waals surface area contributed by atoms with Gasteiger partial charge in [0.1, 0.15) is 18.3 Å². The lowest BCUT2D eigenvalue weighted by atomic mass is 10.1. The lowest BCUT2D eigenvalue weighted by Gasteiger charge is -2.32. The van der Waals surface area contributed by atoms with E-state index in [2.05, 4.69) is 5.32 Å². The molecule has 2 aromatic carbocycles. The maximum Gasteiger partial charge on any atom is 0.244 e. The number of carbonyl (C=O) groups is 2. The maximum atomic E-state index is 13.5. The molecule has 8 nitrogen and oxygen atoms in total. The first-order valence-corrected chi connectivity index (χ1v) is 13.1. The fourth-order valence-corrected chi connectivity index (χ4v) is 4.22. The van der Waals surface area contributed by atoms with Gasteiger partial charge in [-0.05, 0) is 44.9 Å². The highest BCUT2D eigenvalue weighted by atomic mass is 32.2. The molecule has 2 rings (SSSR count). The van der Waals surface area contributed by atoms with Gasteiger partial charge in [0.05, 0.1) is 19.1 Å². The Morgan fingerprint density at radius 1 is 1.06 bits per heavy atom. The Labute approximate surface area is 202 Å². The van der Waals surface area contributed by atoms with Crippen LogP contribution in [-0.4, -0.2) is 57.1 Å². The van der Waals surface area contributed by atoms with Crippen molar-refractivity contribution in [2.45, 2.75) is 52.7 Å². The van der Waals surface area contributed by atoms with Crippen LogP contribution < -0.4 is 14.4 Å². The van der Waals surface area contributed by atoms with Crippen molar-refractivity contribution in [3.8, 4) is 5.75 Å². The highest BCUT2D eigenvalue weighted by Crippen LogP contribution is 2.29. The Hall–Kier alpha value is -3.07.